The van der Waals surface area contributed by atoms with Gasteiger partial charge >= 0.3 is 0 Å². The summed E-state index contributed by atoms with van der Waals surface area (Å²) in [5.74, 6) is 0. The first kappa shape index (κ1) is 18.3. The number of likely N-dealkylation sites (N-methyl/N-ethyl adjacent to an activating group) is 1. The van der Waals surface area contributed by atoms with Crippen molar-refractivity contribution in [3.05, 3.63) is 63.7 Å². The van der Waals surface area contributed by atoms with Crippen molar-refractivity contribution in [3.63, 3.8) is 0 Å². The third-order valence-corrected chi connectivity index (χ3v) is 6.38. The molecule has 1 aliphatic rings. The molecule has 2 aromatic rings. The predicted octanol–water partition coefficient (Wildman–Crippen LogP) is 2.50. The lowest BCUT2D eigenvalue weighted by atomic mass is 9.87. The molecular formula is C18H21N3O4S. The summed E-state index contributed by atoms with van der Waals surface area (Å²) >= 11 is 0. The van der Waals surface area contributed by atoms with Crippen LogP contribution in [0, 0.1) is 10.1 Å². The van der Waals surface area contributed by atoms with Gasteiger partial charge in [0.05, 0.1) is 9.82 Å². The molecule has 0 heterocycles. The highest BCUT2D eigenvalue weighted by Gasteiger charge is 2.28. The second kappa shape index (κ2) is 7.05. The van der Waals surface area contributed by atoms with Crippen molar-refractivity contribution in [2.45, 2.75) is 30.2 Å². The Labute approximate surface area is 152 Å². The lowest BCUT2D eigenvalue weighted by Gasteiger charge is -2.33. The monoisotopic (exact) mass is 375 g/mol. The Morgan fingerprint density at radius 1 is 1.19 bits per heavy atom. The predicted molar refractivity (Wildman–Crippen MR) is 100.0 cm³/mol. The van der Waals surface area contributed by atoms with Crippen LogP contribution in [0.15, 0.2) is 47.4 Å². The quantitative estimate of drug-likeness (QED) is 0.640. The molecule has 0 saturated carbocycles. The third kappa shape index (κ3) is 3.42. The maximum absolute atomic E-state index is 11.9. The van der Waals surface area contributed by atoms with Gasteiger partial charge in [0.2, 0.25) is 10.0 Å². The van der Waals surface area contributed by atoms with Gasteiger partial charge in [0.1, 0.15) is 5.69 Å². The van der Waals surface area contributed by atoms with Gasteiger partial charge in [-0.2, -0.15) is 0 Å². The Morgan fingerprint density at radius 2 is 1.88 bits per heavy atom. The molecule has 0 bridgehead atoms. The fourth-order valence-corrected chi connectivity index (χ4v) is 4.19. The van der Waals surface area contributed by atoms with Crippen molar-refractivity contribution in [1.29, 1.82) is 0 Å². The molecule has 7 nitrogen and oxygen atoms in total. The minimum atomic E-state index is -3.73. The number of rotatable bonds is 5. The Balaban J connectivity index is 1.95. The topological polar surface area (TPSA) is 92.6 Å². The van der Waals surface area contributed by atoms with Crippen LogP contribution in [0.1, 0.15) is 17.5 Å². The summed E-state index contributed by atoms with van der Waals surface area (Å²) in [5.41, 5.74) is 2.80. The SMILES string of the molecule is CNS(=O)(=O)c1ccc(N(C)C2CCc3ccccc3C2)c([N+](=O)[O-])c1. The normalized spacial score (nSPS) is 16.8. The number of nitrogens with zero attached hydrogens (tertiary/aromatic N) is 2. The number of nitrogens with one attached hydrogen (secondary N) is 1. The molecule has 0 amide bonds. The number of anilines is 1. The Bertz CT molecular complexity index is 943. The molecule has 0 aromatic heterocycles. The van der Waals surface area contributed by atoms with Crippen molar-refractivity contribution in [1.82, 2.24) is 4.72 Å². The van der Waals surface area contributed by atoms with Gasteiger partial charge in [-0.1, -0.05) is 24.3 Å². The summed E-state index contributed by atoms with van der Waals surface area (Å²) < 4.78 is 26.1. The number of benzene rings is 2. The van der Waals surface area contributed by atoms with Crippen molar-refractivity contribution in [3.8, 4) is 0 Å². The Morgan fingerprint density at radius 3 is 2.54 bits per heavy atom. The zero-order chi connectivity index (χ0) is 18.9. The first-order valence-corrected chi connectivity index (χ1v) is 9.83. The summed E-state index contributed by atoms with van der Waals surface area (Å²) in [5, 5.41) is 11.5. The van der Waals surface area contributed by atoms with E-state index in [4.69, 9.17) is 0 Å². The zero-order valence-corrected chi connectivity index (χ0v) is 15.5. The van der Waals surface area contributed by atoms with E-state index >= 15 is 0 Å². The van der Waals surface area contributed by atoms with E-state index in [9.17, 15) is 18.5 Å². The molecule has 138 valence electrons. The zero-order valence-electron chi connectivity index (χ0n) is 14.7. The lowest BCUT2D eigenvalue weighted by molar-refractivity contribution is -0.384. The first-order chi connectivity index (χ1) is 12.3. The average molecular weight is 375 g/mol. The van der Waals surface area contributed by atoms with Crippen LogP contribution in [-0.4, -0.2) is 33.5 Å². The van der Waals surface area contributed by atoms with Gasteiger partial charge in [-0.25, -0.2) is 13.1 Å². The van der Waals surface area contributed by atoms with E-state index in [0.29, 0.717) is 5.69 Å². The fraction of sp³-hybridized carbons (Fsp3) is 0.333. The van der Waals surface area contributed by atoms with E-state index in [2.05, 4.69) is 16.9 Å². The number of hydrogen-bond acceptors (Lipinski definition) is 5. The molecule has 0 fully saturated rings. The van der Waals surface area contributed by atoms with Crippen LogP contribution in [0.2, 0.25) is 0 Å². The molecule has 2 aromatic carbocycles. The van der Waals surface area contributed by atoms with Crippen molar-refractivity contribution in [2.24, 2.45) is 0 Å². The van der Waals surface area contributed by atoms with Crippen LogP contribution in [0.5, 0.6) is 0 Å². The fourth-order valence-electron chi connectivity index (χ4n) is 3.44. The Kier molecular flexibility index (Phi) is 4.97. The first-order valence-electron chi connectivity index (χ1n) is 8.35. The van der Waals surface area contributed by atoms with Gasteiger partial charge in [0.15, 0.2) is 0 Å². The molecule has 0 aliphatic heterocycles. The van der Waals surface area contributed by atoms with Gasteiger partial charge < -0.3 is 4.90 Å². The smallest absolute Gasteiger partial charge is 0.293 e. The second-order valence-electron chi connectivity index (χ2n) is 6.39. The number of fused-ring (bicyclic) bond motifs is 1. The van der Waals surface area contributed by atoms with E-state index in [1.165, 1.54) is 30.3 Å². The van der Waals surface area contributed by atoms with E-state index in [1.807, 2.05) is 24.1 Å². The van der Waals surface area contributed by atoms with Crippen LogP contribution >= 0.6 is 0 Å². The molecular weight excluding hydrogens is 354 g/mol. The number of aryl methyl sites for hydroxylation is 1. The average Bonchev–Trinajstić information content (AvgIpc) is 2.66. The van der Waals surface area contributed by atoms with Crippen LogP contribution in [-0.2, 0) is 22.9 Å². The summed E-state index contributed by atoms with van der Waals surface area (Å²) in [6.45, 7) is 0. The molecule has 1 unspecified atom stereocenters. The highest BCUT2D eigenvalue weighted by atomic mass is 32.2. The maximum Gasteiger partial charge on any atom is 0.293 e. The summed E-state index contributed by atoms with van der Waals surface area (Å²) in [6.07, 6.45) is 2.62. The lowest BCUT2D eigenvalue weighted by Crippen LogP contribution is -2.36. The van der Waals surface area contributed by atoms with Gasteiger partial charge in [-0.3, -0.25) is 10.1 Å². The molecule has 26 heavy (non-hydrogen) atoms. The van der Waals surface area contributed by atoms with Gasteiger partial charge in [-0.05, 0) is 49.6 Å². The summed E-state index contributed by atoms with van der Waals surface area (Å²) in [4.78, 5) is 12.8. The molecule has 0 saturated heterocycles. The highest BCUT2D eigenvalue weighted by molar-refractivity contribution is 7.89. The van der Waals surface area contributed by atoms with Crippen molar-refractivity contribution >= 4 is 21.4 Å². The van der Waals surface area contributed by atoms with Gasteiger partial charge in [0.25, 0.3) is 5.69 Å². The second-order valence-corrected chi connectivity index (χ2v) is 8.28. The van der Waals surface area contributed by atoms with Crippen LogP contribution in [0.4, 0.5) is 11.4 Å². The molecule has 1 N–H and O–H groups in total. The van der Waals surface area contributed by atoms with Crippen molar-refractivity contribution < 1.29 is 13.3 Å². The minimum absolute atomic E-state index is 0.113. The minimum Gasteiger partial charge on any atom is -0.366 e. The maximum atomic E-state index is 11.9. The number of nitro benzene ring substituents is 1. The van der Waals surface area contributed by atoms with Crippen LogP contribution in [0.3, 0.4) is 0 Å². The number of hydrogen-bond donors (Lipinski definition) is 1. The summed E-state index contributed by atoms with van der Waals surface area (Å²) in [6, 6.07) is 12.4. The van der Waals surface area contributed by atoms with Crippen molar-refractivity contribution in [2.75, 3.05) is 19.0 Å². The largest absolute Gasteiger partial charge is 0.366 e. The van der Waals surface area contributed by atoms with E-state index < -0.39 is 14.9 Å². The highest BCUT2D eigenvalue weighted by Crippen LogP contribution is 2.34. The molecule has 8 heteroatoms. The molecule has 1 aliphatic carbocycles. The molecule has 0 spiro atoms. The van der Waals surface area contributed by atoms with E-state index in [1.54, 1.807) is 0 Å². The number of nitro groups is 1. The Hall–Kier alpha value is -2.45. The molecule has 3 rings (SSSR count). The summed E-state index contributed by atoms with van der Waals surface area (Å²) in [7, 11) is -0.629. The third-order valence-electron chi connectivity index (χ3n) is 4.97. The molecule has 0 radical (unpaired) electrons. The van der Waals surface area contributed by atoms with Gasteiger partial charge in [0, 0.05) is 19.2 Å². The van der Waals surface area contributed by atoms with E-state index in [-0.39, 0.29) is 16.6 Å². The van der Waals surface area contributed by atoms with Crippen LogP contribution < -0.4 is 9.62 Å². The standard InChI is InChI=1S/C18H21N3O4S/c1-19-26(24,25)16-9-10-17(18(12-16)21(22)23)20(2)15-8-7-13-5-3-4-6-14(13)11-15/h3-6,9-10,12,15,19H,7-8,11H2,1-2H3. The number of sulfonamides is 1. The molecule has 1 atom stereocenters. The van der Waals surface area contributed by atoms with E-state index in [0.717, 1.165) is 25.3 Å². The van der Waals surface area contributed by atoms with Gasteiger partial charge in [-0.15, -0.1) is 0 Å². The van der Waals surface area contributed by atoms with Crippen LogP contribution in [0.25, 0.3) is 0 Å².